The van der Waals surface area contributed by atoms with Crippen LogP contribution in [0.2, 0.25) is 0 Å². The Balaban J connectivity index is 1.65. The topological polar surface area (TPSA) is 92.3 Å². The minimum atomic E-state index is -0.264. The molecule has 1 aliphatic heterocycles. The number of rotatable bonds is 7. The van der Waals surface area contributed by atoms with E-state index in [1.807, 2.05) is 33.0 Å². The average molecular weight is 384 g/mol. The van der Waals surface area contributed by atoms with Gasteiger partial charge in [0.05, 0.1) is 12.8 Å². The summed E-state index contributed by atoms with van der Waals surface area (Å²) in [4.78, 5) is 27.2. The first-order chi connectivity index (χ1) is 13.5. The standard InChI is InChI=1S/C20H28N6O2/c1-5-28-17-8-15(9-22-11-17)10-23-16-6-7-26(12-16)19-13(2)14(3)24-18(25-19)20(27)21-4/h8-9,11,16,23H,5-7,10,12H2,1-4H3,(H,21,27)/t16-/m1/s1. The summed E-state index contributed by atoms with van der Waals surface area (Å²) in [6, 6.07) is 2.36. The van der Waals surface area contributed by atoms with E-state index in [4.69, 9.17) is 4.74 Å². The Kier molecular flexibility index (Phi) is 6.41. The number of carbonyl (C=O) groups excluding carboxylic acids is 1. The Morgan fingerprint density at radius 1 is 1.32 bits per heavy atom. The van der Waals surface area contributed by atoms with Crippen LogP contribution in [-0.4, -0.2) is 53.6 Å². The van der Waals surface area contributed by atoms with Gasteiger partial charge in [0.2, 0.25) is 5.82 Å². The fourth-order valence-corrected chi connectivity index (χ4v) is 3.32. The van der Waals surface area contributed by atoms with Gasteiger partial charge in [0, 0.05) is 50.2 Å². The number of hydrogen-bond donors (Lipinski definition) is 2. The zero-order chi connectivity index (χ0) is 20.1. The van der Waals surface area contributed by atoms with Crippen LogP contribution in [0.15, 0.2) is 18.5 Å². The number of aryl methyl sites for hydroxylation is 1. The maximum atomic E-state index is 12.0. The molecule has 1 aliphatic rings. The predicted octanol–water partition coefficient (Wildman–Crippen LogP) is 1.62. The van der Waals surface area contributed by atoms with E-state index in [2.05, 4.69) is 30.5 Å². The van der Waals surface area contributed by atoms with Crippen molar-refractivity contribution in [2.45, 2.75) is 39.8 Å². The lowest BCUT2D eigenvalue weighted by Gasteiger charge is -2.21. The summed E-state index contributed by atoms with van der Waals surface area (Å²) >= 11 is 0. The van der Waals surface area contributed by atoms with Crippen LogP contribution in [0.5, 0.6) is 5.75 Å². The highest BCUT2D eigenvalue weighted by atomic mass is 16.5. The van der Waals surface area contributed by atoms with Gasteiger partial charge >= 0.3 is 0 Å². The molecule has 28 heavy (non-hydrogen) atoms. The van der Waals surface area contributed by atoms with Gasteiger partial charge in [-0.2, -0.15) is 0 Å². The van der Waals surface area contributed by atoms with E-state index < -0.39 is 0 Å². The summed E-state index contributed by atoms with van der Waals surface area (Å²) in [5.74, 6) is 1.59. The largest absolute Gasteiger partial charge is 0.492 e. The minimum absolute atomic E-state index is 0.218. The molecule has 2 aromatic heterocycles. The van der Waals surface area contributed by atoms with Crippen molar-refractivity contribution in [2.75, 3.05) is 31.6 Å². The van der Waals surface area contributed by atoms with Crippen molar-refractivity contribution in [1.82, 2.24) is 25.6 Å². The molecule has 2 N–H and O–H groups in total. The van der Waals surface area contributed by atoms with E-state index >= 15 is 0 Å². The normalized spacial score (nSPS) is 16.3. The van der Waals surface area contributed by atoms with Gasteiger partial charge in [-0.25, -0.2) is 9.97 Å². The van der Waals surface area contributed by atoms with E-state index in [0.717, 1.165) is 54.4 Å². The van der Waals surface area contributed by atoms with Gasteiger partial charge in [0.15, 0.2) is 0 Å². The molecular formula is C20H28N6O2. The van der Waals surface area contributed by atoms with Crippen molar-refractivity contribution >= 4 is 11.7 Å². The number of nitrogens with zero attached hydrogens (tertiary/aromatic N) is 4. The van der Waals surface area contributed by atoms with Crippen LogP contribution in [0, 0.1) is 13.8 Å². The second-order valence-electron chi connectivity index (χ2n) is 6.93. The number of nitrogens with one attached hydrogen (secondary N) is 2. The summed E-state index contributed by atoms with van der Waals surface area (Å²) in [5.41, 5.74) is 2.95. The molecule has 3 rings (SSSR count). The van der Waals surface area contributed by atoms with Gasteiger partial charge in [-0.3, -0.25) is 9.78 Å². The third-order valence-electron chi connectivity index (χ3n) is 4.96. The second-order valence-corrected chi connectivity index (χ2v) is 6.93. The van der Waals surface area contributed by atoms with Gasteiger partial charge < -0.3 is 20.3 Å². The highest BCUT2D eigenvalue weighted by Crippen LogP contribution is 2.24. The number of hydrogen-bond acceptors (Lipinski definition) is 7. The number of anilines is 1. The van der Waals surface area contributed by atoms with Crippen molar-refractivity contribution in [3.8, 4) is 5.75 Å². The van der Waals surface area contributed by atoms with Crippen molar-refractivity contribution < 1.29 is 9.53 Å². The summed E-state index contributed by atoms with van der Waals surface area (Å²) in [6.07, 6.45) is 4.60. The molecule has 150 valence electrons. The molecule has 1 saturated heterocycles. The maximum absolute atomic E-state index is 12.0. The molecule has 2 aromatic rings. The Bertz CT molecular complexity index is 841. The number of carbonyl (C=O) groups is 1. The van der Waals surface area contributed by atoms with Gasteiger partial charge in [0.25, 0.3) is 5.91 Å². The van der Waals surface area contributed by atoms with Crippen LogP contribution in [0.1, 0.15) is 40.8 Å². The third-order valence-corrected chi connectivity index (χ3v) is 4.96. The van der Waals surface area contributed by atoms with Gasteiger partial charge in [-0.15, -0.1) is 0 Å². The third kappa shape index (κ3) is 4.56. The van der Waals surface area contributed by atoms with Crippen LogP contribution in [-0.2, 0) is 6.54 Å². The number of amides is 1. The van der Waals surface area contributed by atoms with Gasteiger partial charge in [-0.05, 0) is 38.8 Å². The van der Waals surface area contributed by atoms with E-state index in [1.165, 1.54) is 0 Å². The van der Waals surface area contributed by atoms with Crippen LogP contribution < -0.4 is 20.3 Å². The Labute approximate surface area is 165 Å². The minimum Gasteiger partial charge on any atom is -0.492 e. The first-order valence-electron chi connectivity index (χ1n) is 9.64. The van der Waals surface area contributed by atoms with Crippen LogP contribution in [0.3, 0.4) is 0 Å². The van der Waals surface area contributed by atoms with Crippen LogP contribution in [0.25, 0.3) is 0 Å². The first-order valence-corrected chi connectivity index (χ1v) is 9.64. The number of aromatic nitrogens is 3. The molecule has 1 amide bonds. The Hall–Kier alpha value is -2.74. The van der Waals surface area contributed by atoms with Gasteiger partial charge in [-0.1, -0.05) is 0 Å². The fourth-order valence-electron chi connectivity index (χ4n) is 3.32. The van der Waals surface area contributed by atoms with Crippen LogP contribution >= 0.6 is 0 Å². The summed E-state index contributed by atoms with van der Waals surface area (Å²) in [5, 5.41) is 6.19. The van der Waals surface area contributed by atoms with Gasteiger partial charge in [0.1, 0.15) is 11.6 Å². The average Bonchev–Trinajstić information content (AvgIpc) is 3.17. The fraction of sp³-hybridized carbons (Fsp3) is 0.500. The first kappa shape index (κ1) is 20.0. The molecule has 0 saturated carbocycles. The molecule has 0 unspecified atom stereocenters. The molecule has 0 bridgehead atoms. The highest BCUT2D eigenvalue weighted by molar-refractivity contribution is 5.90. The lowest BCUT2D eigenvalue weighted by molar-refractivity contribution is 0.0952. The van der Waals surface area contributed by atoms with Crippen LogP contribution in [0.4, 0.5) is 5.82 Å². The molecule has 1 atom stereocenters. The molecule has 3 heterocycles. The molecule has 0 aromatic carbocycles. The molecule has 8 heteroatoms. The summed E-state index contributed by atoms with van der Waals surface area (Å²) in [7, 11) is 1.59. The SMILES string of the molecule is CCOc1cncc(CN[C@@H]2CCN(c3nc(C(=O)NC)nc(C)c3C)C2)c1. The maximum Gasteiger partial charge on any atom is 0.288 e. The summed E-state index contributed by atoms with van der Waals surface area (Å²) < 4.78 is 5.51. The molecule has 0 aliphatic carbocycles. The molecule has 1 fully saturated rings. The van der Waals surface area contributed by atoms with Crippen molar-refractivity contribution in [3.63, 3.8) is 0 Å². The van der Waals surface area contributed by atoms with E-state index in [1.54, 1.807) is 13.2 Å². The molecular weight excluding hydrogens is 356 g/mol. The molecule has 8 nitrogen and oxygen atoms in total. The van der Waals surface area contributed by atoms with E-state index in [-0.39, 0.29) is 11.7 Å². The zero-order valence-corrected chi connectivity index (χ0v) is 17.0. The quantitative estimate of drug-likeness (QED) is 0.749. The second kappa shape index (κ2) is 8.97. The summed E-state index contributed by atoms with van der Waals surface area (Å²) in [6.45, 7) is 8.97. The van der Waals surface area contributed by atoms with E-state index in [9.17, 15) is 4.79 Å². The Morgan fingerprint density at radius 2 is 2.14 bits per heavy atom. The molecule has 0 radical (unpaired) electrons. The zero-order valence-electron chi connectivity index (χ0n) is 17.0. The van der Waals surface area contributed by atoms with Crippen molar-refractivity contribution in [3.05, 3.63) is 41.1 Å². The smallest absolute Gasteiger partial charge is 0.288 e. The predicted molar refractivity (Wildman–Crippen MR) is 108 cm³/mol. The monoisotopic (exact) mass is 384 g/mol. The van der Waals surface area contributed by atoms with Crippen molar-refractivity contribution in [1.29, 1.82) is 0 Å². The lowest BCUT2D eigenvalue weighted by atomic mass is 10.2. The Morgan fingerprint density at radius 3 is 2.89 bits per heavy atom. The highest BCUT2D eigenvalue weighted by Gasteiger charge is 2.26. The number of ether oxygens (including phenoxy) is 1. The van der Waals surface area contributed by atoms with E-state index in [0.29, 0.717) is 12.6 Å². The lowest BCUT2D eigenvalue weighted by Crippen LogP contribution is -2.33. The number of pyridine rings is 1. The molecule has 0 spiro atoms. The van der Waals surface area contributed by atoms with Crippen molar-refractivity contribution in [2.24, 2.45) is 0 Å².